The van der Waals surface area contributed by atoms with Gasteiger partial charge in [-0.3, -0.25) is 9.59 Å². The molecule has 2 aromatic heterocycles. The van der Waals surface area contributed by atoms with E-state index in [1.165, 1.54) is 11.3 Å². The zero-order valence-corrected chi connectivity index (χ0v) is 13.2. The van der Waals surface area contributed by atoms with Crippen LogP contribution < -0.4 is 16.4 Å². The van der Waals surface area contributed by atoms with Gasteiger partial charge >= 0.3 is 0 Å². The van der Waals surface area contributed by atoms with E-state index >= 15 is 0 Å². The van der Waals surface area contributed by atoms with Crippen molar-refractivity contribution in [2.75, 3.05) is 10.6 Å². The lowest BCUT2D eigenvalue weighted by Crippen LogP contribution is -2.18. The second-order valence-corrected chi connectivity index (χ2v) is 5.60. The highest BCUT2D eigenvalue weighted by atomic mass is 32.1. The van der Waals surface area contributed by atoms with Gasteiger partial charge in [0.2, 0.25) is 0 Å². The summed E-state index contributed by atoms with van der Waals surface area (Å²) in [5, 5.41) is 7.82. The Labute approximate surface area is 141 Å². The van der Waals surface area contributed by atoms with Gasteiger partial charge in [-0.05, 0) is 24.3 Å². The van der Waals surface area contributed by atoms with Crippen molar-refractivity contribution < 1.29 is 9.59 Å². The van der Waals surface area contributed by atoms with Gasteiger partial charge in [-0.15, -0.1) is 11.3 Å². The van der Waals surface area contributed by atoms with Crippen LogP contribution in [0.2, 0.25) is 0 Å². The summed E-state index contributed by atoms with van der Waals surface area (Å²) in [5.74, 6) is -0.395. The standard InChI is InChI=1S/C16H13N5O2S/c17-14(22)10-5-1-2-6-11(10)19-15(23)12-9-24-16(20-12)21-13-7-3-4-8-18-13/h1-9H,(H2,17,22)(H,19,23)(H,18,20,21). The van der Waals surface area contributed by atoms with E-state index in [2.05, 4.69) is 20.6 Å². The van der Waals surface area contributed by atoms with Crippen LogP contribution in [-0.4, -0.2) is 21.8 Å². The highest BCUT2D eigenvalue weighted by Gasteiger charge is 2.14. The summed E-state index contributed by atoms with van der Waals surface area (Å²) in [5.41, 5.74) is 6.12. The first-order valence-corrected chi connectivity index (χ1v) is 7.85. The van der Waals surface area contributed by atoms with E-state index in [-0.39, 0.29) is 11.3 Å². The minimum atomic E-state index is -0.610. The average Bonchev–Trinajstić information content (AvgIpc) is 3.05. The van der Waals surface area contributed by atoms with Crippen LogP contribution in [0.5, 0.6) is 0 Å². The summed E-state index contributed by atoms with van der Waals surface area (Å²) in [6.45, 7) is 0. The molecule has 24 heavy (non-hydrogen) atoms. The third kappa shape index (κ3) is 3.55. The van der Waals surface area contributed by atoms with Crippen molar-refractivity contribution in [3.8, 4) is 0 Å². The highest BCUT2D eigenvalue weighted by Crippen LogP contribution is 2.21. The van der Waals surface area contributed by atoms with Gasteiger partial charge in [0.25, 0.3) is 11.8 Å². The van der Waals surface area contributed by atoms with Gasteiger partial charge < -0.3 is 16.4 Å². The first-order chi connectivity index (χ1) is 11.6. The monoisotopic (exact) mass is 339 g/mol. The van der Waals surface area contributed by atoms with Crippen molar-refractivity contribution in [2.24, 2.45) is 5.73 Å². The second-order valence-electron chi connectivity index (χ2n) is 4.74. The van der Waals surface area contributed by atoms with Gasteiger partial charge in [0, 0.05) is 11.6 Å². The number of anilines is 3. The fourth-order valence-electron chi connectivity index (χ4n) is 1.98. The van der Waals surface area contributed by atoms with Crippen LogP contribution in [0.15, 0.2) is 54.0 Å². The minimum Gasteiger partial charge on any atom is -0.366 e. The number of primary amides is 1. The maximum Gasteiger partial charge on any atom is 0.275 e. The number of hydrogen-bond donors (Lipinski definition) is 3. The zero-order chi connectivity index (χ0) is 16.9. The first-order valence-electron chi connectivity index (χ1n) is 6.97. The van der Waals surface area contributed by atoms with Crippen molar-refractivity contribution in [3.05, 3.63) is 65.3 Å². The summed E-state index contributed by atoms with van der Waals surface area (Å²) in [7, 11) is 0. The molecule has 3 rings (SSSR count). The first kappa shape index (κ1) is 15.6. The number of hydrogen-bond acceptors (Lipinski definition) is 6. The number of amides is 2. The largest absolute Gasteiger partial charge is 0.366 e. The van der Waals surface area contributed by atoms with Gasteiger partial charge in [-0.1, -0.05) is 18.2 Å². The lowest BCUT2D eigenvalue weighted by molar-refractivity contribution is 0.100. The molecule has 0 radical (unpaired) electrons. The molecule has 0 aliphatic carbocycles. The summed E-state index contributed by atoms with van der Waals surface area (Å²) >= 11 is 1.28. The smallest absolute Gasteiger partial charge is 0.275 e. The van der Waals surface area contributed by atoms with Crippen LogP contribution in [0, 0.1) is 0 Å². The number of para-hydroxylation sites is 1. The number of nitrogens with one attached hydrogen (secondary N) is 2. The molecule has 0 atom stereocenters. The maximum atomic E-state index is 12.3. The predicted octanol–water partition coefficient (Wildman–Crippen LogP) is 2.63. The van der Waals surface area contributed by atoms with Crippen molar-refractivity contribution in [2.45, 2.75) is 0 Å². The van der Waals surface area contributed by atoms with E-state index in [0.29, 0.717) is 16.6 Å². The molecule has 0 fully saturated rings. The Morgan fingerprint density at radius 1 is 1.08 bits per heavy atom. The van der Waals surface area contributed by atoms with Crippen molar-refractivity contribution >= 4 is 39.8 Å². The Hall–Kier alpha value is -3.26. The van der Waals surface area contributed by atoms with Crippen LogP contribution in [0.25, 0.3) is 0 Å². The fraction of sp³-hybridized carbons (Fsp3) is 0. The van der Waals surface area contributed by atoms with Crippen LogP contribution in [-0.2, 0) is 0 Å². The lowest BCUT2D eigenvalue weighted by Gasteiger charge is -2.07. The van der Waals surface area contributed by atoms with Gasteiger partial charge in [0.15, 0.2) is 5.13 Å². The van der Waals surface area contributed by atoms with Crippen molar-refractivity contribution in [1.82, 2.24) is 9.97 Å². The van der Waals surface area contributed by atoms with Gasteiger partial charge in [0.1, 0.15) is 11.5 Å². The Kier molecular flexibility index (Phi) is 4.48. The van der Waals surface area contributed by atoms with Crippen LogP contribution in [0.3, 0.4) is 0 Å². The van der Waals surface area contributed by atoms with E-state index in [1.54, 1.807) is 41.9 Å². The molecule has 0 saturated heterocycles. The highest BCUT2D eigenvalue weighted by molar-refractivity contribution is 7.14. The lowest BCUT2D eigenvalue weighted by atomic mass is 10.1. The number of aromatic nitrogens is 2. The molecule has 2 heterocycles. The molecule has 0 saturated carbocycles. The molecule has 0 unspecified atom stereocenters. The van der Waals surface area contributed by atoms with Gasteiger partial charge in [0.05, 0.1) is 11.3 Å². The molecule has 8 heteroatoms. The van der Waals surface area contributed by atoms with E-state index in [0.717, 1.165) is 0 Å². The molecule has 0 spiro atoms. The van der Waals surface area contributed by atoms with Crippen LogP contribution >= 0.6 is 11.3 Å². The fourth-order valence-corrected chi connectivity index (χ4v) is 2.67. The van der Waals surface area contributed by atoms with Crippen molar-refractivity contribution in [1.29, 1.82) is 0 Å². The summed E-state index contributed by atoms with van der Waals surface area (Å²) in [6.07, 6.45) is 1.66. The maximum absolute atomic E-state index is 12.3. The van der Waals surface area contributed by atoms with E-state index in [9.17, 15) is 9.59 Å². The Bertz CT molecular complexity index is 879. The van der Waals surface area contributed by atoms with E-state index < -0.39 is 11.8 Å². The molecule has 4 N–H and O–H groups in total. The number of thiazole rings is 1. The van der Waals surface area contributed by atoms with Crippen LogP contribution in [0.4, 0.5) is 16.6 Å². The molecular formula is C16H13N5O2S. The molecule has 2 amide bonds. The quantitative estimate of drug-likeness (QED) is 0.662. The second kappa shape index (κ2) is 6.88. The number of carbonyl (C=O) groups is 2. The normalized spacial score (nSPS) is 10.2. The molecule has 3 aromatic rings. The number of carbonyl (C=O) groups excluding carboxylic acids is 2. The molecule has 120 valence electrons. The van der Waals surface area contributed by atoms with Crippen LogP contribution in [0.1, 0.15) is 20.8 Å². The van der Waals surface area contributed by atoms with Gasteiger partial charge in [-0.25, -0.2) is 9.97 Å². The molecular weight excluding hydrogens is 326 g/mol. The number of nitrogens with zero attached hydrogens (tertiary/aromatic N) is 2. The summed E-state index contributed by atoms with van der Waals surface area (Å²) in [6, 6.07) is 12.0. The number of benzene rings is 1. The van der Waals surface area contributed by atoms with Crippen molar-refractivity contribution in [3.63, 3.8) is 0 Å². The third-order valence-electron chi connectivity index (χ3n) is 3.08. The predicted molar refractivity (Wildman–Crippen MR) is 92.5 cm³/mol. The Morgan fingerprint density at radius 2 is 1.88 bits per heavy atom. The SMILES string of the molecule is NC(=O)c1ccccc1NC(=O)c1csc(Nc2ccccn2)n1. The topological polar surface area (TPSA) is 110 Å². The minimum absolute atomic E-state index is 0.234. The Morgan fingerprint density at radius 3 is 2.62 bits per heavy atom. The molecule has 1 aromatic carbocycles. The summed E-state index contributed by atoms with van der Waals surface area (Å²) in [4.78, 5) is 32.0. The molecule has 0 bridgehead atoms. The molecule has 7 nitrogen and oxygen atoms in total. The average molecular weight is 339 g/mol. The molecule has 0 aliphatic rings. The van der Waals surface area contributed by atoms with Gasteiger partial charge in [-0.2, -0.15) is 0 Å². The number of pyridine rings is 1. The Balaban J connectivity index is 1.74. The summed E-state index contributed by atoms with van der Waals surface area (Å²) < 4.78 is 0. The molecule has 0 aliphatic heterocycles. The third-order valence-corrected chi connectivity index (χ3v) is 3.84. The van der Waals surface area contributed by atoms with E-state index in [1.807, 2.05) is 12.1 Å². The zero-order valence-electron chi connectivity index (χ0n) is 12.4. The number of rotatable bonds is 5. The number of nitrogens with two attached hydrogens (primary N) is 1. The van der Waals surface area contributed by atoms with E-state index in [4.69, 9.17) is 5.73 Å².